The number of rotatable bonds is 11. The summed E-state index contributed by atoms with van der Waals surface area (Å²) in [5, 5.41) is 23.2. The second kappa shape index (κ2) is 13.0. The maximum Gasteiger partial charge on any atom is 0.430 e. The van der Waals surface area contributed by atoms with Gasteiger partial charge in [0.25, 0.3) is 11.5 Å². The van der Waals surface area contributed by atoms with Crippen LogP contribution in [0.4, 0.5) is 31.1 Å². The Bertz CT molecular complexity index is 1610. The minimum absolute atomic E-state index is 0.0192. The third-order valence-corrected chi connectivity index (χ3v) is 7.79. The molecule has 1 fully saturated rings. The van der Waals surface area contributed by atoms with E-state index in [1.807, 2.05) is 13.8 Å². The van der Waals surface area contributed by atoms with Crippen LogP contribution in [-0.4, -0.2) is 52.1 Å². The van der Waals surface area contributed by atoms with Crippen molar-refractivity contribution in [2.45, 2.75) is 76.6 Å². The standard InChI is InChI=1S/C33H34F6N2O6/c1-5-6-21-17-23(31(45,32(34,35)36)33(37,38)39)10-14-27(21)47-25-11-7-20(26(42)18-25)15-16-41-28(43)30(4,40-29(41)44)22-8-12-24(13-9-22)46-19(2)3/h7-14,17-19,42,45H,5-6,15-16H2,1-4H3,(H,40,44). The van der Waals surface area contributed by atoms with Crippen LogP contribution in [0.2, 0.25) is 0 Å². The van der Waals surface area contributed by atoms with E-state index in [1.54, 1.807) is 38.1 Å². The topological polar surface area (TPSA) is 108 Å². The molecule has 1 heterocycles. The summed E-state index contributed by atoms with van der Waals surface area (Å²) in [7, 11) is 0. The maximum absolute atomic E-state index is 13.4. The van der Waals surface area contributed by atoms with Crippen molar-refractivity contribution in [1.82, 2.24) is 10.2 Å². The number of aryl methyl sites for hydroxylation is 1. The number of carbonyl (C=O) groups is 2. The molecule has 1 aliphatic rings. The second-order valence-corrected chi connectivity index (χ2v) is 11.6. The van der Waals surface area contributed by atoms with Gasteiger partial charge in [0.2, 0.25) is 0 Å². The lowest BCUT2D eigenvalue weighted by Crippen LogP contribution is -2.53. The minimum Gasteiger partial charge on any atom is -0.508 e. The molecule has 1 saturated heterocycles. The van der Waals surface area contributed by atoms with Crippen molar-refractivity contribution in [3.63, 3.8) is 0 Å². The summed E-state index contributed by atoms with van der Waals surface area (Å²) < 4.78 is 91.9. The zero-order chi connectivity index (χ0) is 34.9. The van der Waals surface area contributed by atoms with Gasteiger partial charge in [-0.15, -0.1) is 0 Å². The lowest BCUT2D eigenvalue weighted by atomic mass is 9.90. The third-order valence-electron chi connectivity index (χ3n) is 7.79. The molecule has 0 aliphatic carbocycles. The molecule has 3 amide bonds. The number of urea groups is 1. The van der Waals surface area contributed by atoms with Crippen LogP contribution in [0.5, 0.6) is 23.0 Å². The van der Waals surface area contributed by atoms with E-state index in [4.69, 9.17) is 9.47 Å². The maximum atomic E-state index is 13.4. The van der Waals surface area contributed by atoms with E-state index in [1.165, 1.54) is 18.2 Å². The fourth-order valence-corrected chi connectivity index (χ4v) is 5.27. The highest BCUT2D eigenvalue weighted by atomic mass is 19.4. The van der Waals surface area contributed by atoms with E-state index in [0.717, 1.165) is 11.0 Å². The molecular formula is C33H34F6N2O6. The Morgan fingerprint density at radius 1 is 0.872 bits per heavy atom. The predicted molar refractivity (Wildman–Crippen MR) is 158 cm³/mol. The van der Waals surface area contributed by atoms with E-state index in [-0.39, 0.29) is 48.3 Å². The number of ether oxygens (including phenoxy) is 2. The SMILES string of the molecule is CCCc1cc(C(O)(C(F)(F)F)C(F)(F)F)ccc1Oc1ccc(CCN2C(=O)NC(C)(c3ccc(OC(C)C)cc3)C2=O)c(O)c1. The summed E-state index contributed by atoms with van der Waals surface area (Å²) in [4.78, 5) is 27.1. The summed E-state index contributed by atoms with van der Waals surface area (Å²) in [5.41, 5.74) is -6.94. The van der Waals surface area contributed by atoms with Crippen LogP contribution in [0.1, 0.15) is 56.4 Å². The van der Waals surface area contributed by atoms with Gasteiger partial charge in [0, 0.05) is 18.2 Å². The average molecular weight is 669 g/mol. The first-order valence-electron chi connectivity index (χ1n) is 14.7. The van der Waals surface area contributed by atoms with E-state index in [0.29, 0.717) is 35.4 Å². The number of aromatic hydroxyl groups is 1. The van der Waals surface area contributed by atoms with Crippen LogP contribution in [-0.2, 0) is 28.8 Å². The first kappa shape index (κ1) is 35.4. The Morgan fingerprint density at radius 2 is 1.49 bits per heavy atom. The third kappa shape index (κ3) is 6.97. The Hall–Kier alpha value is -4.46. The molecule has 4 rings (SSSR count). The van der Waals surface area contributed by atoms with Gasteiger partial charge in [-0.3, -0.25) is 9.69 Å². The number of phenolic OH excluding ortho intramolecular Hbond substituents is 1. The summed E-state index contributed by atoms with van der Waals surface area (Å²) >= 11 is 0. The second-order valence-electron chi connectivity index (χ2n) is 11.6. The number of aliphatic hydroxyl groups is 1. The fraction of sp³-hybridized carbons (Fsp3) is 0.394. The Morgan fingerprint density at radius 3 is 2.04 bits per heavy atom. The Balaban J connectivity index is 1.49. The van der Waals surface area contributed by atoms with Crippen molar-refractivity contribution in [2.24, 2.45) is 0 Å². The first-order chi connectivity index (χ1) is 21.8. The van der Waals surface area contributed by atoms with Crippen molar-refractivity contribution in [1.29, 1.82) is 0 Å². The lowest BCUT2D eigenvalue weighted by Gasteiger charge is -2.33. The quantitative estimate of drug-likeness (QED) is 0.147. The van der Waals surface area contributed by atoms with Gasteiger partial charge < -0.3 is 25.0 Å². The zero-order valence-electron chi connectivity index (χ0n) is 25.9. The summed E-state index contributed by atoms with van der Waals surface area (Å²) in [5.74, 6) is -0.218. The zero-order valence-corrected chi connectivity index (χ0v) is 25.9. The number of nitrogens with one attached hydrogen (secondary N) is 1. The van der Waals surface area contributed by atoms with Gasteiger partial charge in [0.05, 0.1) is 6.10 Å². The molecule has 3 N–H and O–H groups in total. The monoisotopic (exact) mass is 668 g/mol. The number of hydrogen-bond donors (Lipinski definition) is 3. The molecule has 254 valence electrons. The molecular weight excluding hydrogens is 634 g/mol. The number of amides is 3. The molecule has 0 spiro atoms. The Labute approximate surface area is 266 Å². The molecule has 0 saturated carbocycles. The number of nitrogens with zero attached hydrogens (tertiary/aromatic N) is 1. The van der Waals surface area contributed by atoms with Crippen molar-refractivity contribution in [3.05, 3.63) is 82.9 Å². The van der Waals surface area contributed by atoms with Gasteiger partial charge in [0.15, 0.2) is 0 Å². The van der Waals surface area contributed by atoms with Crippen LogP contribution >= 0.6 is 0 Å². The average Bonchev–Trinajstić information content (AvgIpc) is 3.19. The van der Waals surface area contributed by atoms with Gasteiger partial charge in [-0.1, -0.05) is 37.6 Å². The van der Waals surface area contributed by atoms with Crippen LogP contribution in [0.3, 0.4) is 0 Å². The normalized spacial score (nSPS) is 17.3. The molecule has 1 aliphatic heterocycles. The smallest absolute Gasteiger partial charge is 0.430 e. The van der Waals surface area contributed by atoms with E-state index < -0.39 is 41.0 Å². The van der Waals surface area contributed by atoms with Crippen LogP contribution in [0.15, 0.2) is 60.7 Å². The summed E-state index contributed by atoms with van der Waals surface area (Å²) in [6.45, 7) is 6.92. The van der Waals surface area contributed by atoms with Crippen LogP contribution in [0, 0.1) is 0 Å². The van der Waals surface area contributed by atoms with E-state index in [9.17, 15) is 46.1 Å². The molecule has 0 bridgehead atoms. The van der Waals surface area contributed by atoms with Gasteiger partial charge in [-0.2, -0.15) is 26.3 Å². The van der Waals surface area contributed by atoms with Gasteiger partial charge >= 0.3 is 18.4 Å². The van der Waals surface area contributed by atoms with Gasteiger partial charge in [-0.05, 0) is 80.6 Å². The molecule has 8 nitrogen and oxygen atoms in total. The number of halogens is 6. The van der Waals surface area contributed by atoms with Crippen molar-refractivity contribution < 1.29 is 55.6 Å². The molecule has 1 unspecified atom stereocenters. The van der Waals surface area contributed by atoms with E-state index >= 15 is 0 Å². The van der Waals surface area contributed by atoms with Crippen molar-refractivity contribution >= 4 is 11.9 Å². The van der Waals surface area contributed by atoms with Crippen molar-refractivity contribution in [3.8, 4) is 23.0 Å². The van der Waals surface area contributed by atoms with Crippen LogP contribution < -0.4 is 14.8 Å². The number of hydrogen-bond acceptors (Lipinski definition) is 6. The van der Waals surface area contributed by atoms with Gasteiger partial charge in [0.1, 0.15) is 28.5 Å². The molecule has 0 aromatic heterocycles. The fourth-order valence-electron chi connectivity index (χ4n) is 5.27. The molecule has 3 aromatic carbocycles. The number of phenols is 1. The predicted octanol–water partition coefficient (Wildman–Crippen LogP) is 7.25. The van der Waals surface area contributed by atoms with E-state index in [2.05, 4.69) is 5.32 Å². The highest BCUT2D eigenvalue weighted by Gasteiger charge is 2.71. The Kier molecular flexibility index (Phi) is 9.77. The highest BCUT2D eigenvalue weighted by molar-refractivity contribution is 6.07. The largest absolute Gasteiger partial charge is 0.508 e. The summed E-state index contributed by atoms with van der Waals surface area (Å²) in [6.07, 6.45) is -11.7. The molecule has 1 atom stereocenters. The lowest BCUT2D eigenvalue weighted by molar-refractivity contribution is -0.376. The molecule has 14 heteroatoms. The molecule has 0 radical (unpaired) electrons. The highest BCUT2D eigenvalue weighted by Crippen LogP contribution is 2.50. The number of alkyl halides is 6. The molecule has 47 heavy (non-hydrogen) atoms. The number of carbonyl (C=O) groups excluding carboxylic acids is 2. The minimum atomic E-state index is -6.04. The summed E-state index contributed by atoms with van der Waals surface area (Å²) in [6, 6.07) is 12.2. The molecule has 3 aromatic rings. The van der Waals surface area contributed by atoms with Crippen LogP contribution in [0.25, 0.3) is 0 Å². The van der Waals surface area contributed by atoms with Crippen molar-refractivity contribution in [2.75, 3.05) is 6.54 Å². The van der Waals surface area contributed by atoms with Gasteiger partial charge in [-0.25, -0.2) is 4.79 Å². The number of benzene rings is 3. The first-order valence-corrected chi connectivity index (χ1v) is 14.7. The number of imide groups is 1.